The third kappa shape index (κ3) is 62.4. The molecule has 4 heteroatoms. The van der Waals surface area contributed by atoms with Crippen molar-refractivity contribution in [1.82, 2.24) is 5.32 Å². The summed E-state index contributed by atoms with van der Waals surface area (Å²) < 4.78 is 0. The van der Waals surface area contributed by atoms with E-state index in [1.807, 2.05) is 6.08 Å². The quantitative estimate of drug-likeness (QED) is 0.0420. The lowest BCUT2D eigenvalue weighted by molar-refractivity contribution is -0.123. The zero-order chi connectivity index (χ0) is 54.8. The van der Waals surface area contributed by atoms with Gasteiger partial charge in [-0.15, -0.1) is 0 Å². The third-order valence-electron chi connectivity index (χ3n) is 15.4. The van der Waals surface area contributed by atoms with Gasteiger partial charge in [-0.2, -0.15) is 0 Å². The second-order valence-corrected chi connectivity index (χ2v) is 22.9. The van der Waals surface area contributed by atoms with Crippen LogP contribution in [0, 0.1) is 0 Å². The molecule has 0 aliphatic heterocycles. The van der Waals surface area contributed by atoms with Crippen molar-refractivity contribution < 1.29 is 15.0 Å². The summed E-state index contributed by atoms with van der Waals surface area (Å²) >= 11 is 0. The van der Waals surface area contributed by atoms with Crippen LogP contribution in [0.4, 0.5) is 0 Å². The van der Waals surface area contributed by atoms with Crippen molar-refractivity contribution in [2.45, 2.75) is 360 Å². The summed E-state index contributed by atoms with van der Waals surface area (Å²) in [7, 11) is 0. The Morgan fingerprint density at radius 3 is 0.868 bits per heavy atom. The van der Waals surface area contributed by atoms with Crippen molar-refractivity contribution >= 4 is 5.91 Å². The minimum absolute atomic E-state index is 0.0612. The van der Waals surface area contributed by atoms with Crippen LogP contribution in [-0.4, -0.2) is 34.9 Å². The van der Waals surface area contributed by atoms with Crippen LogP contribution >= 0.6 is 0 Å². The minimum Gasteiger partial charge on any atom is -0.394 e. The van der Waals surface area contributed by atoms with Gasteiger partial charge < -0.3 is 15.5 Å². The Bertz CT molecular complexity index is 1340. The molecule has 0 radical (unpaired) electrons. The molecule has 0 bridgehead atoms. The maximum absolute atomic E-state index is 12.5. The van der Waals surface area contributed by atoms with Crippen LogP contribution in [0.3, 0.4) is 0 Å². The van der Waals surface area contributed by atoms with Gasteiger partial charge in [0.15, 0.2) is 0 Å². The second kappa shape index (κ2) is 66.8. The molecule has 0 spiro atoms. The average Bonchev–Trinajstić information content (AvgIpc) is 3.42. The second-order valence-electron chi connectivity index (χ2n) is 22.9. The molecule has 0 rings (SSSR count). The molecule has 3 N–H and O–H groups in total. The molecule has 76 heavy (non-hydrogen) atoms. The summed E-state index contributed by atoms with van der Waals surface area (Å²) in [4.78, 5) is 12.5. The van der Waals surface area contributed by atoms with Crippen molar-refractivity contribution in [3.8, 4) is 0 Å². The first-order chi connectivity index (χ1) is 37.7. The fraction of sp³-hybridized carbons (Fsp3) is 0.792. The van der Waals surface area contributed by atoms with E-state index in [1.54, 1.807) is 6.08 Å². The van der Waals surface area contributed by atoms with Gasteiger partial charge in [0.2, 0.25) is 5.91 Å². The first kappa shape index (κ1) is 73.6. The summed E-state index contributed by atoms with van der Waals surface area (Å²) in [6.07, 6.45) is 98.0. The summed E-state index contributed by atoms with van der Waals surface area (Å²) in [5, 5.41) is 23.3. The van der Waals surface area contributed by atoms with Crippen LogP contribution in [0.25, 0.3) is 0 Å². The van der Waals surface area contributed by atoms with Crippen LogP contribution in [0.2, 0.25) is 0 Å². The van der Waals surface area contributed by atoms with Gasteiger partial charge in [-0.3, -0.25) is 4.79 Å². The molecule has 0 saturated carbocycles. The Kier molecular flexibility index (Phi) is 64.7. The number of amides is 1. The van der Waals surface area contributed by atoms with Crippen molar-refractivity contribution in [3.05, 3.63) is 85.1 Å². The molecule has 442 valence electrons. The van der Waals surface area contributed by atoms with Gasteiger partial charge in [-0.1, -0.05) is 356 Å². The van der Waals surface area contributed by atoms with Crippen molar-refractivity contribution in [2.24, 2.45) is 0 Å². The number of rotatable bonds is 62. The van der Waals surface area contributed by atoms with Gasteiger partial charge in [0.1, 0.15) is 0 Å². The summed E-state index contributed by atoms with van der Waals surface area (Å²) in [5.41, 5.74) is 0. The molecule has 0 saturated heterocycles. The standard InChI is InChI=1S/C72H131NO3/c1-3-5-7-9-11-13-15-17-19-21-23-25-27-29-31-33-34-35-36-37-38-40-42-44-46-48-50-52-54-56-58-60-62-64-66-68-72(76)73-70(69-74)71(75)67-65-63-61-59-57-55-53-51-49-47-45-43-41-39-32-30-28-26-24-22-20-18-16-14-12-10-8-6-4-2/h5,7,11,13,17,19,23,25,29,31,34-35,65,67,70-71,74-75H,3-4,6,8-10,12,14-16,18,20-22,24,26-28,30,32-33,36-64,66,68-69H2,1-2H3,(H,73,76)/b7-5-,13-11-,19-17-,25-23-,31-29-,35-34-,67-65+. The highest BCUT2D eigenvalue weighted by Crippen LogP contribution is 2.18. The molecular formula is C72H131NO3. The number of hydrogen-bond acceptors (Lipinski definition) is 3. The fourth-order valence-electron chi connectivity index (χ4n) is 10.3. The van der Waals surface area contributed by atoms with Crippen LogP contribution in [0.15, 0.2) is 85.1 Å². The van der Waals surface area contributed by atoms with Crippen LogP contribution in [0.1, 0.15) is 348 Å². The normalized spacial score (nSPS) is 13.3. The molecule has 0 aliphatic carbocycles. The van der Waals surface area contributed by atoms with E-state index in [2.05, 4.69) is 92.1 Å². The zero-order valence-electron chi connectivity index (χ0n) is 51.0. The third-order valence-corrected chi connectivity index (χ3v) is 15.4. The number of unbranched alkanes of at least 4 members (excludes halogenated alkanes) is 43. The Labute approximate surface area is 475 Å². The highest BCUT2D eigenvalue weighted by molar-refractivity contribution is 5.76. The largest absolute Gasteiger partial charge is 0.394 e. The van der Waals surface area contributed by atoms with Crippen LogP contribution in [-0.2, 0) is 4.79 Å². The Balaban J connectivity index is 3.47. The summed E-state index contributed by atoms with van der Waals surface area (Å²) in [6.45, 7) is 4.23. The Morgan fingerprint density at radius 1 is 0.329 bits per heavy atom. The molecule has 0 aliphatic rings. The maximum atomic E-state index is 12.5. The number of aliphatic hydroxyl groups is 2. The van der Waals surface area contributed by atoms with E-state index in [9.17, 15) is 15.0 Å². The van der Waals surface area contributed by atoms with Gasteiger partial charge >= 0.3 is 0 Å². The van der Waals surface area contributed by atoms with E-state index < -0.39 is 12.1 Å². The lowest BCUT2D eigenvalue weighted by Gasteiger charge is -2.20. The Morgan fingerprint density at radius 2 is 0.579 bits per heavy atom. The number of aliphatic hydroxyl groups excluding tert-OH is 2. The predicted molar refractivity (Wildman–Crippen MR) is 340 cm³/mol. The number of carbonyl (C=O) groups is 1. The molecule has 0 aromatic heterocycles. The van der Waals surface area contributed by atoms with Gasteiger partial charge in [-0.25, -0.2) is 0 Å². The number of hydrogen-bond donors (Lipinski definition) is 3. The molecule has 0 fully saturated rings. The molecular weight excluding hydrogens is 927 g/mol. The van der Waals surface area contributed by atoms with E-state index in [0.29, 0.717) is 6.42 Å². The van der Waals surface area contributed by atoms with Crippen LogP contribution < -0.4 is 5.32 Å². The van der Waals surface area contributed by atoms with Gasteiger partial charge in [0.25, 0.3) is 0 Å². The van der Waals surface area contributed by atoms with Crippen LogP contribution in [0.5, 0.6) is 0 Å². The highest BCUT2D eigenvalue weighted by Gasteiger charge is 2.18. The topological polar surface area (TPSA) is 69.6 Å². The summed E-state index contributed by atoms with van der Waals surface area (Å²) in [6, 6.07) is -0.627. The maximum Gasteiger partial charge on any atom is 0.220 e. The number of carbonyl (C=O) groups excluding carboxylic acids is 1. The summed E-state index contributed by atoms with van der Waals surface area (Å²) in [5.74, 6) is -0.0612. The predicted octanol–water partition coefficient (Wildman–Crippen LogP) is 23.0. The SMILES string of the molecule is CC/C=C\C/C=C\C/C=C\C/C=C\C/C=C\C/C=C\CCCCCCCCCCCCCCCCCCC(=O)NC(CO)C(O)/C=C/CCCCCCCCCCCCCCCCCCCCCCCCCCCCC. The molecule has 2 unspecified atom stereocenters. The Hall–Kier alpha value is -2.43. The molecule has 0 aromatic rings. The van der Waals surface area contributed by atoms with E-state index in [1.165, 1.54) is 263 Å². The highest BCUT2D eigenvalue weighted by atomic mass is 16.3. The van der Waals surface area contributed by atoms with Crippen molar-refractivity contribution in [2.75, 3.05) is 6.61 Å². The minimum atomic E-state index is -0.844. The molecule has 0 aromatic carbocycles. The lowest BCUT2D eigenvalue weighted by Crippen LogP contribution is -2.45. The molecule has 1 amide bonds. The van der Waals surface area contributed by atoms with Crippen molar-refractivity contribution in [3.63, 3.8) is 0 Å². The monoisotopic (exact) mass is 1060 g/mol. The van der Waals surface area contributed by atoms with E-state index in [4.69, 9.17) is 0 Å². The number of allylic oxidation sites excluding steroid dienone is 13. The van der Waals surface area contributed by atoms with E-state index in [0.717, 1.165) is 64.2 Å². The van der Waals surface area contributed by atoms with Crippen molar-refractivity contribution in [1.29, 1.82) is 0 Å². The first-order valence-corrected chi connectivity index (χ1v) is 33.8. The van der Waals surface area contributed by atoms with Gasteiger partial charge in [0, 0.05) is 6.42 Å². The van der Waals surface area contributed by atoms with Gasteiger partial charge in [-0.05, 0) is 70.6 Å². The molecule has 4 nitrogen and oxygen atoms in total. The zero-order valence-corrected chi connectivity index (χ0v) is 51.0. The molecule has 0 heterocycles. The van der Waals surface area contributed by atoms with E-state index >= 15 is 0 Å². The first-order valence-electron chi connectivity index (χ1n) is 33.8. The average molecular weight is 1060 g/mol. The van der Waals surface area contributed by atoms with E-state index in [-0.39, 0.29) is 12.5 Å². The smallest absolute Gasteiger partial charge is 0.220 e. The lowest BCUT2D eigenvalue weighted by atomic mass is 10.0. The fourth-order valence-corrected chi connectivity index (χ4v) is 10.3. The number of nitrogens with one attached hydrogen (secondary N) is 1. The van der Waals surface area contributed by atoms with Gasteiger partial charge in [0.05, 0.1) is 18.8 Å². The molecule has 2 atom stereocenters.